The predicted octanol–water partition coefficient (Wildman–Crippen LogP) is 12.9. The van der Waals surface area contributed by atoms with Crippen LogP contribution >= 0.6 is 0 Å². The molecule has 71 heavy (non-hydrogen) atoms. The predicted molar refractivity (Wildman–Crippen MR) is 284 cm³/mol. The Morgan fingerprint density at radius 2 is 0.930 bits per heavy atom. The number of carboxylic acid groups (broad SMARTS) is 1. The maximum atomic E-state index is 13.0. The maximum absolute atomic E-state index is 13.0. The van der Waals surface area contributed by atoms with Crippen molar-refractivity contribution in [3.63, 3.8) is 0 Å². The Balaban J connectivity index is 2.82. The van der Waals surface area contributed by atoms with Crippen LogP contribution in [0.2, 0.25) is 0 Å². The number of carboxylic acids is 1. The highest BCUT2D eigenvalue weighted by Crippen LogP contribution is 2.26. The summed E-state index contributed by atoms with van der Waals surface area (Å²) in [6.07, 6.45) is 50.7. The summed E-state index contributed by atoms with van der Waals surface area (Å²) >= 11 is 0. The number of esters is 3. The second-order valence-corrected chi connectivity index (χ2v) is 17.4. The Labute approximate surface area is 427 Å². The fraction of sp³-hybridized carbons (Fsp3) is 0.593. The summed E-state index contributed by atoms with van der Waals surface area (Å²) in [7, 11) is 0. The quantitative estimate of drug-likeness (QED) is 0.0229. The van der Waals surface area contributed by atoms with Gasteiger partial charge in [0.2, 0.25) is 0 Å². The van der Waals surface area contributed by atoms with Crippen molar-refractivity contribution >= 4 is 23.9 Å². The number of aliphatic carboxylic acids is 1. The Morgan fingerprint density at radius 3 is 1.46 bits per heavy atom. The van der Waals surface area contributed by atoms with Crippen LogP contribution in [0, 0.1) is 0 Å². The van der Waals surface area contributed by atoms with Crippen molar-refractivity contribution in [1.82, 2.24) is 0 Å². The first kappa shape index (κ1) is 64.1. The van der Waals surface area contributed by atoms with Gasteiger partial charge in [-0.3, -0.25) is 14.4 Å². The fourth-order valence-corrected chi connectivity index (χ4v) is 7.00. The molecule has 0 aromatic heterocycles. The van der Waals surface area contributed by atoms with Gasteiger partial charge in [0, 0.05) is 12.8 Å². The molecule has 3 N–H and O–H groups in total. The largest absolute Gasteiger partial charge is 0.479 e. The van der Waals surface area contributed by atoms with Gasteiger partial charge in [-0.25, -0.2) is 4.79 Å². The smallest absolute Gasteiger partial charge is 0.335 e. The summed E-state index contributed by atoms with van der Waals surface area (Å²) in [4.78, 5) is 50.8. The molecule has 0 aromatic carbocycles. The van der Waals surface area contributed by atoms with Gasteiger partial charge in [-0.15, -0.1) is 0 Å². The van der Waals surface area contributed by atoms with Crippen molar-refractivity contribution < 1.29 is 58.2 Å². The van der Waals surface area contributed by atoms with Crippen molar-refractivity contribution in [2.75, 3.05) is 13.2 Å². The number of aliphatic hydroxyl groups excluding tert-OH is 2. The van der Waals surface area contributed by atoms with Crippen LogP contribution in [-0.2, 0) is 42.9 Å². The zero-order valence-electron chi connectivity index (χ0n) is 43.4. The number of unbranched alkanes of at least 4 members (excludes halogenated alkanes) is 9. The average molecular weight is 991 g/mol. The zero-order valence-corrected chi connectivity index (χ0v) is 43.4. The lowest BCUT2D eigenvalue weighted by molar-refractivity contribution is -0.301. The van der Waals surface area contributed by atoms with Gasteiger partial charge in [0.15, 0.2) is 24.6 Å². The third-order valence-electron chi connectivity index (χ3n) is 11.0. The van der Waals surface area contributed by atoms with Gasteiger partial charge < -0.3 is 39.0 Å². The van der Waals surface area contributed by atoms with Gasteiger partial charge in [0.1, 0.15) is 18.8 Å². The highest BCUT2D eigenvalue weighted by Gasteiger charge is 2.50. The van der Waals surface area contributed by atoms with Crippen molar-refractivity contribution in [3.05, 3.63) is 122 Å². The molecule has 0 amide bonds. The second-order valence-electron chi connectivity index (χ2n) is 17.4. The van der Waals surface area contributed by atoms with Crippen LogP contribution in [0.1, 0.15) is 175 Å². The van der Waals surface area contributed by atoms with Crippen LogP contribution < -0.4 is 0 Å². The summed E-state index contributed by atoms with van der Waals surface area (Å²) in [5, 5.41) is 31.3. The monoisotopic (exact) mass is 991 g/mol. The minimum absolute atomic E-state index is 0.00785. The summed E-state index contributed by atoms with van der Waals surface area (Å²) < 4.78 is 28.1. The van der Waals surface area contributed by atoms with Gasteiger partial charge in [0.25, 0.3) is 0 Å². The van der Waals surface area contributed by atoms with Crippen LogP contribution in [-0.4, -0.2) is 89.2 Å². The van der Waals surface area contributed by atoms with Crippen molar-refractivity contribution in [3.8, 4) is 0 Å². The van der Waals surface area contributed by atoms with E-state index >= 15 is 0 Å². The van der Waals surface area contributed by atoms with E-state index in [9.17, 15) is 34.5 Å². The van der Waals surface area contributed by atoms with E-state index in [0.717, 1.165) is 96.3 Å². The first-order valence-corrected chi connectivity index (χ1v) is 26.5. The lowest BCUT2D eigenvalue weighted by Crippen LogP contribution is -2.61. The molecule has 1 saturated heterocycles. The van der Waals surface area contributed by atoms with Gasteiger partial charge in [0.05, 0.1) is 13.0 Å². The SMILES string of the molecule is CC/C=C\C/C=C\C/C=C\C/C=C\C/C=C\CC(=O)OCC(COC1OC(C(=O)O)C(O)C(O)C1OC(=O)CCCC/C=C\C/C=C\C/C=C\C/C=C\CC)OC(=O)CCCCCCC/C=C\CCCC. The van der Waals surface area contributed by atoms with E-state index in [1.54, 1.807) is 6.08 Å². The molecule has 12 heteroatoms. The lowest BCUT2D eigenvalue weighted by atomic mass is 9.98. The highest BCUT2D eigenvalue weighted by molar-refractivity contribution is 5.74. The van der Waals surface area contributed by atoms with Gasteiger partial charge in [-0.1, -0.05) is 174 Å². The standard InChI is InChI=1S/C59H90O12/c1-4-7-10-13-16-19-22-24-26-28-31-33-36-39-42-45-51(60)67-48-50(69-52(61)46-43-40-37-34-30-21-18-15-12-9-6-3)49-68-59-57(55(64)54(63)56(71-59)58(65)66)70-53(62)47-44-41-38-35-32-29-27-25-23-20-17-14-11-8-5-2/h7-8,10-11,15-20,24-27,31-33,35,39,42,50,54-57,59,63-64H,4-6,9,12-14,21-23,28-30,34,36-38,40-41,43-49H2,1-3H3,(H,65,66)/b10-7-,11-8-,18-15-,19-16-,20-17-,26-24-,27-25-,33-31-,35-32-,42-39-. The molecule has 0 radical (unpaired) electrons. The van der Waals surface area contributed by atoms with E-state index in [1.807, 2.05) is 18.2 Å². The zero-order chi connectivity index (χ0) is 51.8. The number of carbonyl (C=O) groups is 4. The Morgan fingerprint density at radius 1 is 0.493 bits per heavy atom. The molecule has 0 aromatic rings. The van der Waals surface area contributed by atoms with E-state index < -0.39 is 67.3 Å². The molecule has 0 aliphatic carbocycles. The average Bonchev–Trinajstić information content (AvgIpc) is 3.35. The van der Waals surface area contributed by atoms with E-state index in [0.29, 0.717) is 25.7 Å². The maximum Gasteiger partial charge on any atom is 0.335 e. The first-order valence-electron chi connectivity index (χ1n) is 26.5. The van der Waals surface area contributed by atoms with Crippen LogP contribution in [0.4, 0.5) is 0 Å². The third kappa shape index (κ3) is 36.7. The minimum Gasteiger partial charge on any atom is -0.479 e. The molecule has 398 valence electrons. The minimum atomic E-state index is -1.93. The molecule has 1 rings (SSSR count). The van der Waals surface area contributed by atoms with Crippen LogP contribution in [0.25, 0.3) is 0 Å². The Kier molecular flexibility index (Phi) is 41.7. The first-order chi connectivity index (χ1) is 34.6. The molecule has 1 fully saturated rings. The molecule has 0 bridgehead atoms. The Hall–Kier alpha value is -4.88. The second kappa shape index (κ2) is 46.2. The number of carbonyl (C=O) groups excluding carboxylic acids is 3. The topological polar surface area (TPSA) is 175 Å². The van der Waals surface area contributed by atoms with E-state index in [-0.39, 0.29) is 25.9 Å². The van der Waals surface area contributed by atoms with E-state index in [2.05, 4.69) is 118 Å². The molecule has 1 heterocycles. The normalized spacial score (nSPS) is 19.5. The molecule has 6 unspecified atom stereocenters. The molecule has 0 spiro atoms. The van der Waals surface area contributed by atoms with Crippen LogP contribution in [0.5, 0.6) is 0 Å². The summed E-state index contributed by atoms with van der Waals surface area (Å²) in [6, 6.07) is 0. The van der Waals surface area contributed by atoms with Gasteiger partial charge in [-0.2, -0.15) is 0 Å². The van der Waals surface area contributed by atoms with Crippen LogP contribution in [0.15, 0.2) is 122 Å². The molecule has 6 atom stereocenters. The molecular weight excluding hydrogens is 901 g/mol. The van der Waals surface area contributed by atoms with Crippen LogP contribution in [0.3, 0.4) is 0 Å². The highest BCUT2D eigenvalue weighted by atomic mass is 16.7. The number of rotatable bonds is 42. The number of allylic oxidation sites excluding steroid dienone is 19. The fourth-order valence-electron chi connectivity index (χ4n) is 7.00. The number of hydrogen-bond acceptors (Lipinski definition) is 11. The van der Waals surface area contributed by atoms with Crippen molar-refractivity contribution in [1.29, 1.82) is 0 Å². The molecule has 0 saturated carbocycles. The molecular formula is C59H90O12. The van der Waals surface area contributed by atoms with Crippen molar-refractivity contribution in [2.24, 2.45) is 0 Å². The number of hydrogen-bond donors (Lipinski definition) is 3. The number of aliphatic hydroxyl groups is 2. The van der Waals surface area contributed by atoms with E-state index in [4.69, 9.17) is 23.7 Å². The number of ether oxygens (including phenoxy) is 5. The third-order valence-corrected chi connectivity index (χ3v) is 11.0. The molecule has 12 nitrogen and oxygen atoms in total. The summed E-state index contributed by atoms with van der Waals surface area (Å²) in [6.45, 7) is 5.56. The molecule has 1 aliphatic heterocycles. The summed E-state index contributed by atoms with van der Waals surface area (Å²) in [5.74, 6) is -3.38. The van der Waals surface area contributed by atoms with E-state index in [1.165, 1.54) is 12.8 Å². The van der Waals surface area contributed by atoms with Gasteiger partial charge >= 0.3 is 23.9 Å². The van der Waals surface area contributed by atoms with Crippen molar-refractivity contribution in [2.45, 2.75) is 212 Å². The lowest BCUT2D eigenvalue weighted by Gasteiger charge is -2.40. The summed E-state index contributed by atoms with van der Waals surface area (Å²) in [5.41, 5.74) is 0. The molecule has 1 aliphatic rings. The van der Waals surface area contributed by atoms with Gasteiger partial charge in [-0.05, 0) is 103 Å². The Bertz CT molecular complexity index is 1700.